The summed E-state index contributed by atoms with van der Waals surface area (Å²) < 4.78 is 16.4. The van der Waals surface area contributed by atoms with Gasteiger partial charge in [-0.15, -0.1) is 0 Å². The van der Waals surface area contributed by atoms with Gasteiger partial charge in [-0.1, -0.05) is 25.5 Å². The van der Waals surface area contributed by atoms with Crippen molar-refractivity contribution in [1.82, 2.24) is 0 Å². The topological polar surface area (TPSA) is 44.8 Å². The summed E-state index contributed by atoms with van der Waals surface area (Å²) in [6, 6.07) is 11.2. The first-order chi connectivity index (χ1) is 12.1. The minimum absolute atomic E-state index is 0. The molecule has 0 aliphatic heterocycles. The van der Waals surface area contributed by atoms with Crippen molar-refractivity contribution in [3.63, 3.8) is 0 Å². The molecule has 4 nitrogen and oxygen atoms in total. The third kappa shape index (κ3) is 5.78. The van der Waals surface area contributed by atoms with E-state index in [1.165, 1.54) is 0 Å². The van der Waals surface area contributed by atoms with E-state index < -0.39 is 0 Å². The van der Waals surface area contributed by atoms with Crippen molar-refractivity contribution in [2.75, 3.05) is 20.8 Å². The van der Waals surface area contributed by atoms with Crippen molar-refractivity contribution in [3.8, 4) is 17.2 Å². The molecule has 2 aromatic rings. The van der Waals surface area contributed by atoms with Crippen molar-refractivity contribution < 1.29 is 19.0 Å². The van der Waals surface area contributed by atoms with Gasteiger partial charge in [-0.3, -0.25) is 4.79 Å². The standard InChI is InChI=1S/C20H25O4P.Li.H/c1-5-6-12-24-15-10-11-18(14(2)13-15)25-20(21)19-16(22-3)8-7-9-17(19)23-4;;/h7-11,13,25H,5-6,12H2,1-4H3;;. The van der Waals surface area contributed by atoms with E-state index in [1.807, 2.05) is 31.2 Å². The Balaban J connectivity index is 0.00000338. The van der Waals surface area contributed by atoms with Gasteiger partial charge in [0.2, 0.25) is 0 Å². The fourth-order valence-corrected chi connectivity index (χ4v) is 3.51. The van der Waals surface area contributed by atoms with E-state index in [0.29, 0.717) is 17.1 Å². The van der Waals surface area contributed by atoms with Gasteiger partial charge in [0, 0.05) is 0 Å². The summed E-state index contributed by atoms with van der Waals surface area (Å²) in [6.07, 6.45) is 2.14. The Labute approximate surface area is 169 Å². The fourth-order valence-electron chi connectivity index (χ4n) is 2.46. The number of ether oxygens (including phenoxy) is 3. The molecule has 2 aromatic carbocycles. The van der Waals surface area contributed by atoms with E-state index in [9.17, 15) is 4.79 Å². The number of hydrogen-bond acceptors (Lipinski definition) is 4. The van der Waals surface area contributed by atoms with Gasteiger partial charge in [-0.05, 0) is 57.1 Å². The molecule has 0 aliphatic rings. The number of hydrogen-bond donors (Lipinski definition) is 0. The molecule has 2 rings (SSSR count). The zero-order chi connectivity index (χ0) is 18.2. The molecule has 0 amide bonds. The van der Waals surface area contributed by atoms with Crippen LogP contribution in [0.5, 0.6) is 17.2 Å². The maximum absolute atomic E-state index is 12.8. The third-order valence-corrected chi connectivity index (χ3v) is 5.17. The van der Waals surface area contributed by atoms with Crippen molar-refractivity contribution in [3.05, 3.63) is 47.5 Å². The molecular weight excluding hydrogens is 342 g/mol. The molecule has 0 heterocycles. The first-order valence-electron chi connectivity index (χ1n) is 8.36. The van der Waals surface area contributed by atoms with E-state index in [2.05, 4.69) is 6.92 Å². The van der Waals surface area contributed by atoms with Gasteiger partial charge in [-0.25, -0.2) is 0 Å². The van der Waals surface area contributed by atoms with Gasteiger partial charge in [0.05, 0.1) is 20.8 Å². The Morgan fingerprint density at radius 1 is 1.08 bits per heavy atom. The molecule has 0 aliphatic carbocycles. The molecule has 0 aromatic heterocycles. The van der Waals surface area contributed by atoms with Crippen molar-refractivity contribution in [2.24, 2.45) is 0 Å². The van der Waals surface area contributed by atoms with Gasteiger partial charge >= 0.3 is 18.9 Å². The molecule has 0 bridgehead atoms. The van der Waals surface area contributed by atoms with Crippen LogP contribution in [0.2, 0.25) is 0 Å². The Hall–Kier alpha value is -1.46. The average molecular weight is 368 g/mol. The van der Waals surface area contributed by atoms with Gasteiger partial charge in [0.15, 0.2) is 5.52 Å². The number of benzene rings is 2. The van der Waals surface area contributed by atoms with Gasteiger partial charge in [0.25, 0.3) is 0 Å². The zero-order valence-electron chi connectivity index (χ0n) is 15.2. The zero-order valence-corrected chi connectivity index (χ0v) is 16.2. The predicted octanol–water partition coefficient (Wildman–Crippen LogP) is 3.69. The van der Waals surface area contributed by atoms with Gasteiger partial charge in [0.1, 0.15) is 22.8 Å². The van der Waals surface area contributed by atoms with Crippen LogP contribution < -0.4 is 19.5 Å². The van der Waals surface area contributed by atoms with Crippen LogP contribution >= 0.6 is 8.58 Å². The average Bonchev–Trinajstić information content (AvgIpc) is 2.63. The van der Waals surface area contributed by atoms with E-state index in [1.54, 1.807) is 26.4 Å². The molecule has 26 heavy (non-hydrogen) atoms. The first-order valence-corrected chi connectivity index (χ1v) is 9.36. The number of methoxy groups -OCH3 is 2. The number of carbonyl (C=O) groups is 1. The number of aryl methyl sites for hydroxylation is 1. The van der Waals surface area contributed by atoms with Gasteiger partial charge < -0.3 is 14.2 Å². The molecule has 0 saturated heterocycles. The molecule has 0 spiro atoms. The van der Waals surface area contributed by atoms with Gasteiger partial charge in [-0.2, -0.15) is 0 Å². The van der Waals surface area contributed by atoms with Crippen LogP contribution in [0.25, 0.3) is 0 Å². The van der Waals surface area contributed by atoms with Crippen molar-refractivity contribution in [1.29, 1.82) is 0 Å². The molecule has 0 N–H and O–H groups in total. The number of carbonyl (C=O) groups excluding carboxylic acids is 1. The quantitative estimate of drug-likeness (QED) is 0.385. The fraction of sp³-hybridized carbons (Fsp3) is 0.350. The van der Waals surface area contributed by atoms with Crippen molar-refractivity contribution in [2.45, 2.75) is 26.7 Å². The molecule has 136 valence electrons. The monoisotopic (exact) mass is 368 g/mol. The Kier molecular flexibility index (Phi) is 9.81. The van der Waals surface area contributed by atoms with E-state index >= 15 is 0 Å². The second-order valence-corrected chi connectivity index (χ2v) is 6.91. The molecular formula is C20H26LiO4P. The molecule has 6 heteroatoms. The SMILES string of the molecule is CCCCOc1ccc(PC(=O)c2c(OC)cccc2OC)c(C)c1.[LiH]. The van der Waals surface area contributed by atoms with Crippen LogP contribution in [0.15, 0.2) is 36.4 Å². The van der Waals surface area contributed by atoms with Crippen molar-refractivity contribution >= 4 is 38.3 Å². The van der Waals surface area contributed by atoms with E-state index in [4.69, 9.17) is 14.2 Å². The Morgan fingerprint density at radius 3 is 2.27 bits per heavy atom. The molecule has 1 atom stereocenters. The first kappa shape index (κ1) is 22.6. The maximum atomic E-state index is 12.8. The van der Waals surface area contributed by atoms with Crippen LogP contribution in [-0.4, -0.2) is 45.2 Å². The molecule has 0 fully saturated rings. The summed E-state index contributed by atoms with van der Waals surface area (Å²) in [7, 11) is 3.11. The normalized spacial score (nSPS) is 10.5. The van der Waals surface area contributed by atoms with Crippen LogP contribution in [0, 0.1) is 6.92 Å². The van der Waals surface area contributed by atoms with Crippen LogP contribution in [-0.2, 0) is 0 Å². The second-order valence-electron chi connectivity index (χ2n) is 5.67. The predicted molar refractivity (Wildman–Crippen MR) is 111 cm³/mol. The van der Waals surface area contributed by atoms with Crippen LogP contribution in [0.3, 0.4) is 0 Å². The number of rotatable bonds is 9. The van der Waals surface area contributed by atoms with Crippen LogP contribution in [0.1, 0.15) is 35.7 Å². The third-order valence-electron chi connectivity index (χ3n) is 3.87. The summed E-state index contributed by atoms with van der Waals surface area (Å²) in [5.41, 5.74) is 1.54. The second kappa shape index (κ2) is 11.3. The van der Waals surface area contributed by atoms with Crippen LogP contribution in [0.4, 0.5) is 0 Å². The molecule has 1 unspecified atom stereocenters. The summed E-state index contributed by atoms with van der Waals surface area (Å²) in [5, 5.41) is 1.00. The van der Waals surface area contributed by atoms with E-state index in [0.717, 1.165) is 36.1 Å². The van der Waals surface area contributed by atoms with E-state index in [-0.39, 0.29) is 33.0 Å². The summed E-state index contributed by atoms with van der Waals surface area (Å²) in [6.45, 7) is 4.85. The Morgan fingerprint density at radius 2 is 1.73 bits per heavy atom. The summed E-state index contributed by atoms with van der Waals surface area (Å²) in [5.74, 6) is 1.92. The summed E-state index contributed by atoms with van der Waals surface area (Å²) in [4.78, 5) is 12.8. The minimum atomic E-state index is -0.00273. The Bertz CT molecular complexity index is 711. The number of unbranched alkanes of at least 4 members (excludes halogenated alkanes) is 1. The summed E-state index contributed by atoms with van der Waals surface area (Å²) >= 11 is 0. The molecule has 0 saturated carbocycles. The molecule has 0 radical (unpaired) electrons.